The minimum absolute atomic E-state index is 0.0625. The maximum absolute atomic E-state index is 13.6. The molecule has 0 radical (unpaired) electrons. The monoisotopic (exact) mass is 358 g/mol. The Kier molecular flexibility index (Phi) is 4.19. The van der Waals surface area contributed by atoms with Gasteiger partial charge in [-0.15, -0.1) is 0 Å². The third-order valence-electron chi connectivity index (χ3n) is 3.77. The van der Waals surface area contributed by atoms with Crippen molar-refractivity contribution in [3.63, 3.8) is 0 Å². The molecule has 0 fully saturated rings. The van der Waals surface area contributed by atoms with E-state index in [1.54, 1.807) is 12.1 Å². The van der Waals surface area contributed by atoms with Gasteiger partial charge in [0.1, 0.15) is 0 Å². The van der Waals surface area contributed by atoms with Crippen molar-refractivity contribution in [2.75, 3.05) is 0 Å². The zero-order chi connectivity index (χ0) is 18.2. The quantitative estimate of drug-likeness (QED) is 0.677. The molecule has 1 aromatic heterocycles. The van der Waals surface area contributed by atoms with Crippen LogP contribution in [0, 0.1) is 11.8 Å². The Morgan fingerprint density at radius 2 is 1.80 bits per heavy atom. The summed E-state index contributed by atoms with van der Waals surface area (Å²) in [6, 6.07) is 7.36. The molecular formula is C16H11F5N2O2. The van der Waals surface area contributed by atoms with E-state index in [1.165, 1.54) is 18.2 Å². The van der Waals surface area contributed by atoms with E-state index in [0.717, 1.165) is 6.20 Å². The number of aromatic nitrogens is 1. The van der Waals surface area contributed by atoms with Gasteiger partial charge in [-0.1, -0.05) is 29.4 Å². The first-order valence-electron chi connectivity index (χ1n) is 7.12. The molecule has 9 heteroatoms. The highest BCUT2D eigenvalue weighted by atomic mass is 19.4. The lowest BCUT2D eigenvalue weighted by Crippen LogP contribution is -2.45. The number of rotatable bonds is 3. The minimum atomic E-state index is -4.97. The number of benzene rings is 1. The summed E-state index contributed by atoms with van der Waals surface area (Å²) in [6.07, 6.45) is -4.58. The fourth-order valence-electron chi connectivity index (χ4n) is 2.36. The lowest BCUT2D eigenvalue weighted by atomic mass is 9.99. The lowest BCUT2D eigenvalue weighted by Gasteiger charge is -2.22. The molecule has 2 heterocycles. The van der Waals surface area contributed by atoms with Gasteiger partial charge >= 0.3 is 12.0 Å². The molecule has 25 heavy (non-hydrogen) atoms. The Bertz CT molecular complexity index is 820. The van der Waals surface area contributed by atoms with Gasteiger partial charge in [-0.2, -0.15) is 17.6 Å². The van der Waals surface area contributed by atoms with Crippen LogP contribution in [-0.2, 0) is 11.3 Å². The summed E-state index contributed by atoms with van der Waals surface area (Å²) in [6.45, 7) is 0. The molecule has 0 aliphatic carbocycles. The van der Waals surface area contributed by atoms with Gasteiger partial charge in [0.2, 0.25) is 5.95 Å². The average molecular weight is 358 g/mol. The molecule has 0 saturated heterocycles. The number of hydrogen-bond donors (Lipinski definition) is 1. The average Bonchev–Trinajstić information content (AvgIpc) is 2.96. The summed E-state index contributed by atoms with van der Waals surface area (Å²) in [4.78, 5) is 7.34. The number of hydrogen-bond acceptors (Lipinski definition) is 4. The molecule has 0 bridgehead atoms. The van der Waals surface area contributed by atoms with Crippen LogP contribution >= 0.6 is 0 Å². The van der Waals surface area contributed by atoms with E-state index in [9.17, 15) is 27.1 Å². The smallest absolute Gasteiger partial charge is 0.350 e. The molecule has 0 spiro atoms. The van der Waals surface area contributed by atoms with E-state index in [1.807, 2.05) is 0 Å². The molecule has 132 valence electrons. The second kappa shape index (κ2) is 6.07. The van der Waals surface area contributed by atoms with Gasteiger partial charge in [-0.05, 0) is 22.8 Å². The van der Waals surface area contributed by atoms with Crippen LogP contribution in [0.4, 0.5) is 22.0 Å². The maximum atomic E-state index is 13.6. The number of aliphatic hydroxyl groups is 1. The number of nitrogens with zero attached hydrogens (tertiary/aromatic N) is 2. The Morgan fingerprint density at radius 1 is 1.12 bits per heavy atom. The van der Waals surface area contributed by atoms with Crippen molar-refractivity contribution in [1.29, 1.82) is 0 Å². The van der Waals surface area contributed by atoms with Crippen molar-refractivity contribution in [3.05, 3.63) is 65.0 Å². The van der Waals surface area contributed by atoms with Crippen LogP contribution in [0.1, 0.15) is 23.1 Å². The van der Waals surface area contributed by atoms with Crippen molar-refractivity contribution in [2.45, 2.75) is 24.8 Å². The molecule has 3 rings (SSSR count). The van der Waals surface area contributed by atoms with Crippen LogP contribution in [0.5, 0.6) is 0 Å². The summed E-state index contributed by atoms with van der Waals surface area (Å²) in [5, 5.41) is 12.7. The van der Waals surface area contributed by atoms with Crippen molar-refractivity contribution < 1.29 is 31.9 Å². The lowest BCUT2D eigenvalue weighted by molar-refractivity contribution is -0.355. The van der Waals surface area contributed by atoms with E-state index in [2.05, 4.69) is 15.0 Å². The largest absolute Gasteiger partial charge is 0.458 e. The van der Waals surface area contributed by atoms with Crippen molar-refractivity contribution >= 4 is 5.71 Å². The van der Waals surface area contributed by atoms with E-state index in [4.69, 9.17) is 0 Å². The molecule has 1 aliphatic heterocycles. The van der Waals surface area contributed by atoms with Crippen LogP contribution in [0.25, 0.3) is 0 Å². The summed E-state index contributed by atoms with van der Waals surface area (Å²) < 4.78 is 64.8. The minimum Gasteiger partial charge on any atom is -0.350 e. The molecule has 0 amide bonds. The molecule has 1 aliphatic rings. The summed E-state index contributed by atoms with van der Waals surface area (Å²) in [7, 11) is 0. The highest BCUT2D eigenvalue weighted by molar-refractivity contribution is 6.01. The molecule has 2 aromatic rings. The molecule has 4 nitrogen and oxygen atoms in total. The van der Waals surface area contributed by atoms with E-state index in [-0.39, 0.29) is 17.7 Å². The molecule has 0 saturated carbocycles. The third kappa shape index (κ3) is 3.32. The summed E-state index contributed by atoms with van der Waals surface area (Å²) in [5.74, 6) is -5.58. The maximum Gasteiger partial charge on any atom is 0.458 e. The van der Waals surface area contributed by atoms with Gasteiger partial charge in [0.15, 0.2) is 5.82 Å². The predicted molar refractivity (Wildman–Crippen MR) is 76.6 cm³/mol. The first-order valence-corrected chi connectivity index (χ1v) is 7.12. The van der Waals surface area contributed by atoms with Crippen LogP contribution < -0.4 is 0 Å². The molecule has 1 aromatic carbocycles. The Morgan fingerprint density at radius 3 is 2.40 bits per heavy atom. The van der Waals surface area contributed by atoms with Crippen LogP contribution in [0.15, 0.2) is 41.7 Å². The Balaban J connectivity index is 1.74. The SMILES string of the molecule is OC1(C(F)(F)F)CC(c2ccc(Cc3ccnc(F)c3F)cc2)=NO1. The number of pyridine rings is 1. The molecule has 1 unspecified atom stereocenters. The zero-order valence-corrected chi connectivity index (χ0v) is 12.5. The standard InChI is InChI=1S/C16H11F5N2O2/c17-13-11(5-6-22-14(13)18)7-9-1-3-10(4-2-9)12-8-15(24,25-23-12)16(19,20)21/h1-6,24H,7-8H2. The number of alkyl halides is 3. The fourth-order valence-corrected chi connectivity index (χ4v) is 2.36. The van der Waals surface area contributed by atoms with Crippen molar-refractivity contribution in [2.24, 2.45) is 5.16 Å². The van der Waals surface area contributed by atoms with Gasteiger partial charge in [0.05, 0.1) is 12.1 Å². The van der Waals surface area contributed by atoms with Crippen LogP contribution in [-0.4, -0.2) is 27.8 Å². The topological polar surface area (TPSA) is 54.7 Å². The second-order valence-corrected chi connectivity index (χ2v) is 5.54. The van der Waals surface area contributed by atoms with Crippen molar-refractivity contribution in [1.82, 2.24) is 4.98 Å². The Hall–Kier alpha value is -2.55. The van der Waals surface area contributed by atoms with Gasteiger partial charge in [0, 0.05) is 12.6 Å². The summed E-state index contributed by atoms with van der Waals surface area (Å²) >= 11 is 0. The number of halogens is 5. The predicted octanol–water partition coefficient (Wildman–Crippen LogP) is 3.33. The Labute approximate surface area is 138 Å². The van der Waals surface area contributed by atoms with Crippen LogP contribution in [0.3, 0.4) is 0 Å². The molecular weight excluding hydrogens is 347 g/mol. The second-order valence-electron chi connectivity index (χ2n) is 5.54. The highest BCUT2D eigenvalue weighted by Crippen LogP contribution is 2.38. The fraction of sp³-hybridized carbons (Fsp3) is 0.250. The molecule has 1 N–H and O–H groups in total. The summed E-state index contributed by atoms with van der Waals surface area (Å²) in [5.41, 5.74) is 0.977. The van der Waals surface area contributed by atoms with Gasteiger partial charge < -0.3 is 9.94 Å². The van der Waals surface area contributed by atoms with Crippen LogP contribution in [0.2, 0.25) is 0 Å². The number of oxime groups is 1. The highest BCUT2D eigenvalue weighted by Gasteiger charge is 2.60. The first-order chi connectivity index (χ1) is 11.7. The zero-order valence-electron chi connectivity index (χ0n) is 12.5. The van der Waals surface area contributed by atoms with E-state index in [0.29, 0.717) is 11.1 Å². The van der Waals surface area contributed by atoms with Crippen molar-refractivity contribution in [3.8, 4) is 0 Å². The van der Waals surface area contributed by atoms with Gasteiger partial charge in [0.25, 0.3) is 0 Å². The normalized spacial score (nSPS) is 20.3. The third-order valence-corrected chi connectivity index (χ3v) is 3.77. The van der Waals surface area contributed by atoms with E-state index < -0.39 is 30.1 Å². The first kappa shape index (κ1) is 17.3. The van der Waals surface area contributed by atoms with E-state index >= 15 is 0 Å². The van der Waals surface area contributed by atoms with Gasteiger partial charge in [-0.25, -0.2) is 9.37 Å². The molecule has 1 atom stereocenters. The van der Waals surface area contributed by atoms with Gasteiger partial charge in [-0.3, -0.25) is 0 Å².